The molecule has 0 aliphatic carbocycles. The molecule has 2 amide bonds. The van der Waals surface area contributed by atoms with E-state index in [0.29, 0.717) is 6.54 Å². The maximum absolute atomic E-state index is 12.4. The van der Waals surface area contributed by atoms with Crippen LogP contribution in [0.5, 0.6) is 0 Å². The minimum absolute atomic E-state index is 0.00311. The fourth-order valence-electron chi connectivity index (χ4n) is 2.86. The summed E-state index contributed by atoms with van der Waals surface area (Å²) in [7, 11) is 0. The lowest BCUT2D eigenvalue weighted by Gasteiger charge is -2.19. The number of benzene rings is 2. The molecular weight excluding hydrogens is 288 g/mol. The number of anilines is 2. The van der Waals surface area contributed by atoms with E-state index < -0.39 is 0 Å². The zero-order valence-corrected chi connectivity index (χ0v) is 13.4. The van der Waals surface area contributed by atoms with Crippen molar-refractivity contribution in [3.8, 4) is 0 Å². The van der Waals surface area contributed by atoms with E-state index >= 15 is 0 Å². The predicted molar refractivity (Wildman–Crippen MR) is 91.4 cm³/mol. The van der Waals surface area contributed by atoms with Gasteiger partial charge in [0.25, 0.3) is 0 Å². The highest BCUT2D eigenvalue weighted by Gasteiger charge is 2.35. The third-order valence-electron chi connectivity index (χ3n) is 4.22. The molecule has 0 saturated carbocycles. The summed E-state index contributed by atoms with van der Waals surface area (Å²) in [5, 5.41) is 2.90. The van der Waals surface area contributed by atoms with Gasteiger partial charge in [0.2, 0.25) is 11.8 Å². The monoisotopic (exact) mass is 308 g/mol. The van der Waals surface area contributed by atoms with Gasteiger partial charge < -0.3 is 10.2 Å². The third-order valence-corrected chi connectivity index (χ3v) is 4.22. The Labute approximate surface area is 136 Å². The van der Waals surface area contributed by atoms with E-state index in [2.05, 4.69) is 5.32 Å². The van der Waals surface area contributed by atoms with Crippen LogP contribution in [-0.2, 0) is 9.59 Å². The molecule has 0 aromatic heterocycles. The molecule has 1 atom stereocenters. The summed E-state index contributed by atoms with van der Waals surface area (Å²) in [5.41, 5.74) is 3.84. The Hall–Kier alpha value is -2.62. The molecule has 3 rings (SSSR count). The third kappa shape index (κ3) is 3.26. The van der Waals surface area contributed by atoms with Crippen molar-refractivity contribution >= 4 is 23.2 Å². The van der Waals surface area contributed by atoms with Crippen LogP contribution in [0, 0.1) is 19.8 Å². The van der Waals surface area contributed by atoms with Crippen LogP contribution in [0.15, 0.2) is 48.5 Å². The van der Waals surface area contributed by atoms with Crippen molar-refractivity contribution in [3.05, 3.63) is 59.7 Å². The second-order valence-electron chi connectivity index (χ2n) is 6.05. The van der Waals surface area contributed by atoms with Crippen molar-refractivity contribution in [1.82, 2.24) is 0 Å². The first kappa shape index (κ1) is 15.3. The van der Waals surface area contributed by atoms with Crippen LogP contribution in [-0.4, -0.2) is 18.4 Å². The molecule has 1 saturated heterocycles. The number of nitrogens with one attached hydrogen (secondary N) is 1. The summed E-state index contributed by atoms with van der Waals surface area (Å²) < 4.78 is 0. The second-order valence-corrected chi connectivity index (χ2v) is 6.05. The molecule has 4 heteroatoms. The Morgan fingerprint density at radius 2 is 1.78 bits per heavy atom. The Morgan fingerprint density at radius 1 is 1.09 bits per heavy atom. The van der Waals surface area contributed by atoms with Crippen LogP contribution in [0.2, 0.25) is 0 Å². The van der Waals surface area contributed by atoms with Crippen molar-refractivity contribution in [2.24, 2.45) is 5.92 Å². The number of aryl methyl sites for hydroxylation is 2. The van der Waals surface area contributed by atoms with Crippen LogP contribution in [0.4, 0.5) is 11.4 Å². The average Bonchev–Trinajstić information content (AvgIpc) is 2.92. The first-order valence-corrected chi connectivity index (χ1v) is 7.78. The molecule has 4 nitrogen and oxygen atoms in total. The Balaban J connectivity index is 1.71. The van der Waals surface area contributed by atoms with E-state index in [1.807, 2.05) is 62.4 Å². The summed E-state index contributed by atoms with van der Waals surface area (Å²) in [6, 6.07) is 15.4. The number of carbonyl (C=O) groups is 2. The van der Waals surface area contributed by atoms with E-state index in [0.717, 1.165) is 22.5 Å². The van der Waals surface area contributed by atoms with Crippen molar-refractivity contribution in [3.63, 3.8) is 0 Å². The van der Waals surface area contributed by atoms with Crippen LogP contribution in [0.3, 0.4) is 0 Å². The molecule has 1 heterocycles. The summed E-state index contributed by atoms with van der Waals surface area (Å²) in [6.45, 7) is 4.41. The molecule has 0 bridgehead atoms. The normalized spacial score (nSPS) is 17.4. The van der Waals surface area contributed by atoms with Gasteiger partial charge in [-0.1, -0.05) is 35.9 Å². The molecule has 118 valence electrons. The van der Waals surface area contributed by atoms with Crippen molar-refractivity contribution in [1.29, 1.82) is 0 Å². The molecule has 23 heavy (non-hydrogen) atoms. The highest BCUT2D eigenvalue weighted by molar-refractivity contribution is 6.03. The van der Waals surface area contributed by atoms with Crippen LogP contribution < -0.4 is 10.2 Å². The maximum Gasteiger partial charge on any atom is 0.229 e. The largest absolute Gasteiger partial charge is 0.326 e. The SMILES string of the molecule is Cc1ccc(NC(=O)[C@@H]2CC(=O)N(c3ccccc3C)C2)cc1. The molecule has 0 unspecified atom stereocenters. The average molecular weight is 308 g/mol. The van der Waals surface area contributed by atoms with Gasteiger partial charge in [-0.05, 0) is 37.6 Å². The number of rotatable bonds is 3. The minimum atomic E-state index is -0.316. The summed E-state index contributed by atoms with van der Waals surface area (Å²) in [4.78, 5) is 26.4. The van der Waals surface area contributed by atoms with Gasteiger partial charge in [-0.3, -0.25) is 9.59 Å². The molecule has 1 fully saturated rings. The molecule has 0 spiro atoms. The van der Waals surface area contributed by atoms with Gasteiger partial charge in [-0.2, -0.15) is 0 Å². The molecule has 1 N–H and O–H groups in total. The van der Waals surface area contributed by atoms with E-state index in [9.17, 15) is 9.59 Å². The fourth-order valence-corrected chi connectivity index (χ4v) is 2.86. The second kappa shape index (κ2) is 6.24. The summed E-state index contributed by atoms with van der Waals surface area (Å²) in [6.07, 6.45) is 0.256. The topological polar surface area (TPSA) is 49.4 Å². The van der Waals surface area contributed by atoms with E-state index in [4.69, 9.17) is 0 Å². The standard InChI is InChI=1S/C19H20N2O2/c1-13-7-9-16(10-8-13)20-19(23)15-11-18(22)21(12-15)17-6-4-3-5-14(17)2/h3-10,15H,11-12H2,1-2H3,(H,20,23)/t15-/m1/s1. The number of carbonyl (C=O) groups excluding carboxylic acids is 2. The summed E-state index contributed by atoms with van der Waals surface area (Å²) in [5.74, 6) is -0.412. The lowest BCUT2D eigenvalue weighted by Crippen LogP contribution is -2.28. The molecule has 0 radical (unpaired) electrons. The number of para-hydroxylation sites is 1. The first-order chi connectivity index (χ1) is 11.0. The molecule has 1 aliphatic heterocycles. The quantitative estimate of drug-likeness (QED) is 0.946. The Morgan fingerprint density at radius 3 is 2.48 bits per heavy atom. The van der Waals surface area contributed by atoms with Gasteiger partial charge in [0.15, 0.2) is 0 Å². The van der Waals surface area contributed by atoms with Crippen molar-refractivity contribution in [2.45, 2.75) is 20.3 Å². The minimum Gasteiger partial charge on any atom is -0.326 e. The first-order valence-electron chi connectivity index (χ1n) is 7.78. The lowest BCUT2D eigenvalue weighted by atomic mass is 10.1. The van der Waals surface area contributed by atoms with E-state index in [1.54, 1.807) is 4.90 Å². The van der Waals surface area contributed by atoms with Gasteiger partial charge >= 0.3 is 0 Å². The number of amides is 2. The molecule has 2 aromatic carbocycles. The van der Waals surface area contributed by atoms with Crippen LogP contribution in [0.25, 0.3) is 0 Å². The number of nitrogens with zero attached hydrogens (tertiary/aromatic N) is 1. The van der Waals surface area contributed by atoms with Gasteiger partial charge in [0, 0.05) is 24.3 Å². The summed E-state index contributed by atoms with van der Waals surface area (Å²) >= 11 is 0. The van der Waals surface area contributed by atoms with Gasteiger partial charge in [-0.15, -0.1) is 0 Å². The smallest absolute Gasteiger partial charge is 0.229 e. The molecule has 1 aliphatic rings. The maximum atomic E-state index is 12.4. The van der Waals surface area contributed by atoms with E-state index in [-0.39, 0.29) is 24.2 Å². The zero-order chi connectivity index (χ0) is 16.4. The zero-order valence-electron chi connectivity index (χ0n) is 13.4. The molecular formula is C19H20N2O2. The number of hydrogen-bond acceptors (Lipinski definition) is 2. The van der Waals surface area contributed by atoms with Gasteiger partial charge in [0.1, 0.15) is 0 Å². The van der Waals surface area contributed by atoms with Crippen molar-refractivity contribution in [2.75, 3.05) is 16.8 Å². The van der Waals surface area contributed by atoms with Crippen molar-refractivity contribution < 1.29 is 9.59 Å². The Bertz CT molecular complexity index is 737. The molecule has 2 aromatic rings. The highest BCUT2D eigenvalue weighted by atomic mass is 16.2. The lowest BCUT2D eigenvalue weighted by molar-refractivity contribution is -0.122. The van der Waals surface area contributed by atoms with Gasteiger partial charge in [0.05, 0.1) is 5.92 Å². The van der Waals surface area contributed by atoms with E-state index in [1.165, 1.54) is 0 Å². The van der Waals surface area contributed by atoms with Gasteiger partial charge in [-0.25, -0.2) is 0 Å². The predicted octanol–water partition coefficient (Wildman–Crippen LogP) is 3.30. The highest BCUT2D eigenvalue weighted by Crippen LogP contribution is 2.28. The Kier molecular flexibility index (Phi) is 4.15. The van der Waals surface area contributed by atoms with Crippen LogP contribution in [0.1, 0.15) is 17.5 Å². The number of hydrogen-bond donors (Lipinski definition) is 1. The van der Waals surface area contributed by atoms with Crippen LogP contribution >= 0.6 is 0 Å². The fraction of sp³-hybridized carbons (Fsp3) is 0.263.